The molecular formula is C14H17F2NO4S. The number of hydrogen-bond acceptors (Lipinski definition) is 4. The first-order valence-corrected chi connectivity index (χ1v) is 8.42. The van der Waals surface area contributed by atoms with E-state index in [9.17, 15) is 22.0 Å². The van der Waals surface area contributed by atoms with Crippen molar-refractivity contribution in [1.82, 2.24) is 4.31 Å². The molecule has 1 saturated carbocycles. The average molecular weight is 333 g/mol. The van der Waals surface area contributed by atoms with Gasteiger partial charge in [-0.3, -0.25) is 4.79 Å². The Labute approximate surface area is 127 Å². The number of rotatable bonds is 7. The number of hydrogen-bond donors (Lipinski definition) is 0. The minimum Gasteiger partial charge on any atom is -0.466 e. The predicted octanol–water partition coefficient (Wildman–Crippen LogP) is 2.07. The van der Waals surface area contributed by atoms with Crippen molar-refractivity contribution in [3.05, 3.63) is 29.8 Å². The smallest absolute Gasteiger partial charge is 0.307 e. The van der Waals surface area contributed by atoms with Crippen molar-refractivity contribution < 1.29 is 26.7 Å². The van der Waals surface area contributed by atoms with E-state index in [2.05, 4.69) is 0 Å². The third kappa shape index (κ3) is 3.80. The highest BCUT2D eigenvalue weighted by Crippen LogP contribution is 2.33. The van der Waals surface area contributed by atoms with Crippen LogP contribution in [0.5, 0.6) is 0 Å². The Morgan fingerprint density at radius 2 is 2.05 bits per heavy atom. The molecule has 8 heteroatoms. The summed E-state index contributed by atoms with van der Waals surface area (Å²) in [5.74, 6) is -2.37. The Balaban J connectivity index is 2.23. The van der Waals surface area contributed by atoms with E-state index >= 15 is 0 Å². The van der Waals surface area contributed by atoms with Crippen LogP contribution in [0.2, 0.25) is 0 Å². The molecule has 1 aromatic rings. The zero-order chi connectivity index (χ0) is 16.3. The molecule has 0 bridgehead atoms. The van der Waals surface area contributed by atoms with Crippen molar-refractivity contribution in [1.29, 1.82) is 0 Å². The molecule has 1 aromatic carbocycles. The molecule has 0 heterocycles. The highest BCUT2D eigenvalue weighted by molar-refractivity contribution is 7.89. The number of carbonyl (C=O) groups is 1. The Bertz CT molecular complexity index is 659. The molecule has 2 rings (SSSR count). The summed E-state index contributed by atoms with van der Waals surface area (Å²) >= 11 is 0. The number of nitrogens with zero attached hydrogens (tertiary/aromatic N) is 1. The van der Waals surface area contributed by atoms with Crippen LogP contribution in [0.3, 0.4) is 0 Å². The van der Waals surface area contributed by atoms with Gasteiger partial charge in [0.25, 0.3) is 0 Å². The zero-order valence-corrected chi connectivity index (χ0v) is 12.9. The van der Waals surface area contributed by atoms with Crippen LogP contribution in [0.4, 0.5) is 8.78 Å². The Morgan fingerprint density at radius 3 is 2.64 bits per heavy atom. The van der Waals surface area contributed by atoms with Crippen molar-refractivity contribution in [3.63, 3.8) is 0 Å². The fourth-order valence-electron chi connectivity index (χ4n) is 2.10. The standard InChI is InChI=1S/C14H17F2NO4S/c1-2-21-14(18)7-8-17(11-4-5-11)22(19,20)13-9-10(15)3-6-12(13)16/h3,6,9,11H,2,4-5,7-8H2,1H3. The third-order valence-corrected chi connectivity index (χ3v) is 5.24. The molecule has 0 unspecified atom stereocenters. The van der Waals surface area contributed by atoms with Crippen LogP contribution in [0.15, 0.2) is 23.1 Å². The van der Waals surface area contributed by atoms with Crippen LogP contribution in [0.25, 0.3) is 0 Å². The zero-order valence-electron chi connectivity index (χ0n) is 12.1. The van der Waals surface area contributed by atoms with Crippen LogP contribution < -0.4 is 0 Å². The van der Waals surface area contributed by atoms with Gasteiger partial charge >= 0.3 is 5.97 Å². The van der Waals surface area contributed by atoms with Gasteiger partial charge < -0.3 is 4.74 Å². The lowest BCUT2D eigenvalue weighted by Gasteiger charge is -2.21. The Kier molecular flexibility index (Phi) is 5.12. The molecular weight excluding hydrogens is 316 g/mol. The second-order valence-electron chi connectivity index (χ2n) is 4.98. The first kappa shape index (κ1) is 16.8. The summed E-state index contributed by atoms with van der Waals surface area (Å²) in [5.41, 5.74) is 0. The van der Waals surface area contributed by atoms with E-state index in [1.54, 1.807) is 6.92 Å². The largest absolute Gasteiger partial charge is 0.466 e. The molecule has 1 aliphatic carbocycles. The van der Waals surface area contributed by atoms with Crippen molar-refractivity contribution in [2.75, 3.05) is 13.2 Å². The van der Waals surface area contributed by atoms with Crippen molar-refractivity contribution in [3.8, 4) is 0 Å². The van der Waals surface area contributed by atoms with E-state index in [1.165, 1.54) is 0 Å². The van der Waals surface area contributed by atoms with Gasteiger partial charge in [0.15, 0.2) is 0 Å². The quantitative estimate of drug-likeness (QED) is 0.717. The second-order valence-corrected chi connectivity index (χ2v) is 6.84. The SMILES string of the molecule is CCOC(=O)CCN(C1CC1)S(=O)(=O)c1cc(F)ccc1F. The highest BCUT2D eigenvalue weighted by Gasteiger charge is 2.39. The molecule has 0 N–H and O–H groups in total. The van der Waals surface area contributed by atoms with Crippen molar-refractivity contribution in [2.24, 2.45) is 0 Å². The molecule has 5 nitrogen and oxygen atoms in total. The number of sulfonamides is 1. The van der Waals surface area contributed by atoms with Gasteiger partial charge in [-0.15, -0.1) is 0 Å². The van der Waals surface area contributed by atoms with Crippen LogP contribution >= 0.6 is 0 Å². The van der Waals surface area contributed by atoms with Crippen LogP contribution in [-0.2, 0) is 19.6 Å². The number of halogens is 2. The van der Waals surface area contributed by atoms with E-state index in [-0.39, 0.29) is 25.6 Å². The van der Waals surface area contributed by atoms with Gasteiger partial charge in [0, 0.05) is 12.6 Å². The maximum Gasteiger partial charge on any atom is 0.307 e. The second kappa shape index (κ2) is 6.70. The molecule has 0 radical (unpaired) electrons. The van der Waals surface area contributed by atoms with Gasteiger partial charge in [-0.25, -0.2) is 17.2 Å². The van der Waals surface area contributed by atoms with Gasteiger partial charge in [0.2, 0.25) is 10.0 Å². The molecule has 1 fully saturated rings. The van der Waals surface area contributed by atoms with Gasteiger partial charge in [-0.2, -0.15) is 4.31 Å². The lowest BCUT2D eigenvalue weighted by atomic mass is 10.3. The fraction of sp³-hybridized carbons (Fsp3) is 0.500. The maximum atomic E-state index is 13.8. The van der Waals surface area contributed by atoms with Crippen molar-refractivity contribution in [2.45, 2.75) is 37.1 Å². The minimum atomic E-state index is -4.19. The van der Waals surface area contributed by atoms with Crippen LogP contribution in [0.1, 0.15) is 26.2 Å². The Morgan fingerprint density at radius 1 is 1.36 bits per heavy atom. The third-order valence-electron chi connectivity index (χ3n) is 3.28. The number of carbonyl (C=O) groups excluding carboxylic acids is 1. The molecule has 122 valence electrons. The summed E-state index contributed by atoms with van der Waals surface area (Å²) in [6.07, 6.45) is 1.15. The first-order valence-electron chi connectivity index (χ1n) is 6.98. The molecule has 0 amide bonds. The van der Waals surface area contributed by atoms with E-state index in [0.717, 1.165) is 16.4 Å². The summed E-state index contributed by atoms with van der Waals surface area (Å²) < 4.78 is 57.9. The predicted molar refractivity (Wildman–Crippen MR) is 74.5 cm³/mol. The maximum absolute atomic E-state index is 13.8. The molecule has 0 atom stereocenters. The van der Waals surface area contributed by atoms with Crippen LogP contribution in [-0.4, -0.2) is 37.9 Å². The van der Waals surface area contributed by atoms with Gasteiger partial charge in [0.1, 0.15) is 16.5 Å². The number of ether oxygens (including phenoxy) is 1. The van der Waals surface area contributed by atoms with Crippen LogP contribution in [0, 0.1) is 11.6 Å². The number of benzene rings is 1. The highest BCUT2D eigenvalue weighted by atomic mass is 32.2. The van der Waals surface area contributed by atoms with E-state index in [0.29, 0.717) is 18.9 Å². The summed E-state index contributed by atoms with van der Waals surface area (Å²) in [4.78, 5) is 10.7. The molecule has 0 aliphatic heterocycles. The normalized spacial score (nSPS) is 15.1. The Hall–Kier alpha value is -1.54. The summed E-state index contributed by atoms with van der Waals surface area (Å²) in [5, 5.41) is 0. The van der Waals surface area contributed by atoms with Gasteiger partial charge in [-0.05, 0) is 38.0 Å². The van der Waals surface area contributed by atoms with Gasteiger partial charge in [0.05, 0.1) is 13.0 Å². The van der Waals surface area contributed by atoms with E-state index < -0.39 is 32.5 Å². The lowest BCUT2D eigenvalue weighted by Crippen LogP contribution is -2.35. The van der Waals surface area contributed by atoms with Gasteiger partial charge in [-0.1, -0.05) is 0 Å². The summed E-state index contributed by atoms with van der Waals surface area (Å²) in [6, 6.07) is 2.01. The molecule has 22 heavy (non-hydrogen) atoms. The molecule has 0 aromatic heterocycles. The summed E-state index contributed by atoms with van der Waals surface area (Å²) in [6.45, 7) is 1.74. The molecule has 0 saturated heterocycles. The van der Waals surface area contributed by atoms with Crippen molar-refractivity contribution >= 4 is 16.0 Å². The lowest BCUT2D eigenvalue weighted by molar-refractivity contribution is -0.143. The van der Waals surface area contributed by atoms with E-state index in [4.69, 9.17) is 4.74 Å². The monoisotopic (exact) mass is 333 g/mol. The van der Waals surface area contributed by atoms with E-state index in [1.807, 2.05) is 0 Å². The molecule has 1 aliphatic rings. The summed E-state index contributed by atoms with van der Waals surface area (Å²) in [7, 11) is -4.19. The minimum absolute atomic E-state index is 0.109. The number of esters is 1. The first-order chi connectivity index (χ1) is 10.4. The topological polar surface area (TPSA) is 63.7 Å². The molecule has 0 spiro atoms. The average Bonchev–Trinajstić information content (AvgIpc) is 3.26. The fourth-order valence-corrected chi connectivity index (χ4v) is 3.86.